The number of hydrogen-bond acceptors (Lipinski definition) is 5. The first-order valence-corrected chi connectivity index (χ1v) is 10.6. The maximum atomic E-state index is 13.2. The molecule has 1 aliphatic carbocycles. The van der Waals surface area contributed by atoms with Crippen LogP contribution in [0.1, 0.15) is 36.3 Å². The molecule has 1 unspecified atom stereocenters. The van der Waals surface area contributed by atoms with E-state index in [2.05, 4.69) is 35.4 Å². The van der Waals surface area contributed by atoms with Crippen molar-refractivity contribution in [1.29, 1.82) is 0 Å². The van der Waals surface area contributed by atoms with Crippen LogP contribution in [0.2, 0.25) is 0 Å². The van der Waals surface area contributed by atoms with Gasteiger partial charge in [-0.15, -0.1) is 11.3 Å². The van der Waals surface area contributed by atoms with Gasteiger partial charge in [0, 0.05) is 36.3 Å². The van der Waals surface area contributed by atoms with Crippen molar-refractivity contribution in [2.45, 2.75) is 45.7 Å². The summed E-state index contributed by atoms with van der Waals surface area (Å²) in [5, 5.41) is 5.02. The Balaban J connectivity index is 1.65. The zero-order valence-corrected chi connectivity index (χ0v) is 17.6. The van der Waals surface area contributed by atoms with Crippen molar-refractivity contribution in [3.63, 3.8) is 0 Å². The third kappa shape index (κ3) is 3.56. The van der Waals surface area contributed by atoms with Gasteiger partial charge in [0.25, 0.3) is 5.56 Å². The third-order valence-corrected chi connectivity index (χ3v) is 6.68. The summed E-state index contributed by atoms with van der Waals surface area (Å²) < 4.78 is 3.46. The second-order valence-corrected chi connectivity index (χ2v) is 8.88. The summed E-state index contributed by atoms with van der Waals surface area (Å²) in [4.78, 5) is 22.5. The fourth-order valence-electron chi connectivity index (χ4n) is 4.20. The standard InChI is InChI=1S/C21H27N5OS/c1-5-25(10-14(2)3)16-6-7-17-18(8-16)28-20-19(17)21(27)26(13-22-20)12-15-9-23-24(4)11-15/h9,11,13,16H,2,5-8,10,12H2,1,3-4H3. The van der Waals surface area contributed by atoms with Crippen molar-refractivity contribution in [2.75, 3.05) is 13.1 Å². The van der Waals surface area contributed by atoms with Gasteiger partial charge in [0.05, 0.1) is 24.5 Å². The molecule has 28 heavy (non-hydrogen) atoms. The molecule has 4 rings (SSSR count). The van der Waals surface area contributed by atoms with Gasteiger partial charge in [-0.05, 0) is 38.3 Å². The highest BCUT2D eigenvalue weighted by Gasteiger charge is 2.28. The molecule has 0 saturated heterocycles. The predicted molar refractivity (Wildman–Crippen MR) is 114 cm³/mol. The lowest BCUT2D eigenvalue weighted by Gasteiger charge is -2.33. The second kappa shape index (κ2) is 7.64. The molecule has 0 aromatic carbocycles. The minimum atomic E-state index is 0.0686. The van der Waals surface area contributed by atoms with Gasteiger partial charge in [-0.3, -0.25) is 18.9 Å². The molecule has 0 fully saturated rings. The quantitative estimate of drug-likeness (QED) is 0.600. The molecule has 7 heteroatoms. The van der Waals surface area contributed by atoms with E-state index in [1.165, 1.54) is 16.0 Å². The average Bonchev–Trinajstić information content (AvgIpc) is 3.24. The minimum absolute atomic E-state index is 0.0686. The summed E-state index contributed by atoms with van der Waals surface area (Å²) in [6, 6.07) is 0.514. The molecule has 3 aromatic heterocycles. The van der Waals surface area contributed by atoms with Gasteiger partial charge in [0.2, 0.25) is 0 Å². The van der Waals surface area contributed by atoms with E-state index in [0.29, 0.717) is 12.6 Å². The molecule has 0 N–H and O–H groups in total. The Morgan fingerprint density at radius 3 is 2.96 bits per heavy atom. The van der Waals surface area contributed by atoms with E-state index in [9.17, 15) is 4.79 Å². The van der Waals surface area contributed by atoms with E-state index >= 15 is 0 Å². The van der Waals surface area contributed by atoms with E-state index in [1.54, 1.807) is 33.1 Å². The molecule has 0 radical (unpaired) electrons. The summed E-state index contributed by atoms with van der Waals surface area (Å²) in [5.74, 6) is 0. The van der Waals surface area contributed by atoms with Crippen LogP contribution in [0.15, 0.2) is 35.7 Å². The lowest BCUT2D eigenvalue weighted by atomic mass is 9.92. The van der Waals surface area contributed by atoms with Crippen molar-refractivity contribution < 1.29 is 0 Å². The highest BCUT2D eigenvalue weighted by atomic mass is 32.1. The van der Waals surface area contributed by atoms with Crippen LogP contribution in [0.4, 0.5) is 0 Å². The number of likely N-dealkylation sites (N-methyl/N-ethyl adjacent to an activating group) is 1. The molecule has 3 aromatic rings. The van der Waals surface area contributed by atoms with Gasteiger partial charge in [-0.1, -0.05) is 19.1 Å². The van der Waals surface area contributed by atoms with Crippen LogP contribution in [-0.2, 0) is 26.4 Å². The highest BCUT2D eigenvalue weighted by molar-refractivity contribution is 7.18. The van der Waals surface area contributed by atoms with Crippen LogP contribution in [0.25, 0.3) is 10.2 Å². The van der Waals surface area contributed by atoms with Crippen LogP contribution in [0.3, 0.4) is 0 Å². The van der Waals surface area contributed by atoms with Crippen molar-refractivity contribution in [3.05, 3.63) is 57.2 Å². The Morgan fingerprint density at radius 2 is 2.29 bits per heavy atom. The Bertz CT molecular complexity index is 1080. The van der Waals surface area contributed by atoms with Crippen molar-refractivity contribution >= 4 is 21.6 Å². The van der Waals surface area contributed by atoms with Crippen LogP contribution in [0.5, 0.6) is 0 Å². The summed E-state index contributed by atoms with van der Waals surface area (Å²) in [6.45, 7) is 10.8. The van der Waals surface area contributed by atoms with Crippen molar-refractivity contribution in [3.8, 4) is 0 Å². The van der Waals surface area contributed by atoms with E-state index in [1.807, 2.05) is 13.2 Å². The zero-order chi connectivity index (χ0) is 19.8. The summed E-state index contributed by atoms with van der Waals surface area (Å²) in [6.07, 6.45) is 8.43. The number of nitrogens with zero attached hydrogens (tertiary/aromatic N) is 5. The summed E-state index contributed by atoms with van der Waals surface area (Å²) in [5.41, 5.74) is 3.50. The van der Waals surface area contributed by atoms with Gasteiger partial charge in [0.1, 0.15) is 4.83 Å². The van der Waals surface area contributed by atoms with E-state index in [0.717, 1.165) is 48.1 Å². The number of fused-ring (bicyclic) bond motifs is 3. The van der Waals surface area contributed by atoms with Crippen LogP contribution >= 0.6 is 11.3 Å². The van der Waals surface area contributed by atoms with Gasteiger partial charge in [-0.25, -0.2) is 4.98 Å². The largest absolute Gasteiger partial charge is 0.296 e. The molecule has 0 saturated carbocycles. The summed E-state index contributed by atoms with van der Waals surface area (Å²) in [7, 11) is 1.88. The van der Waals surface area contributed by atoms with Gasteiger partial charge in [0.15, 0.2) is 0 Å². The number of hydrogen-bond donors (Lipinski definition) is 0. The SMILES string of the molecule is C=C(C)CN(CC)C1CCc2c(sc3ncn(Cc4cnn(C)c4)c(=O)c23)C1. The molecule has 0 amide bonds. The first-order chi connectivity index (χ1) is 13.5. The minimum Gasteiger partial charge on any atom is -0.296 e. The molecule has 3 heterocycles. The van der Waals surface area contributed by atoms with Crippen molar-refractivity contribution in [1.82, 2.24) is 24.2 Å². The molecule has 148 valence electrons. The molecular formula is C21H27N5OS. The Kier molecular flexibility index (Phi) is 5.21. The van der Waals surface area contributed by atoms with E-state index in [-0.39, 0.29) is 5.56 Å². The molecule has 0 bridgehead atoms. The maximum absolute atomic E-state index is 13.2. The zero-order valence-electron chi connectivity index (χ0n) is 16.8. The van der Waals surface area contributed by atoms with Crippen molar-refractivity contribution in [2.24, 2.45) is 7.05 Å². The highest BCUT2D eigenvalue weighted by Crippen LogP contribution is 2.35. The molecule has 1 aliphatic rings. The Labute approximate surface area is 169 Å². The molecule has 0 aliphatic heterocycles. The van der Waals surface area contributed by atoms with Gasteiger partial charge >= 0.3 is 0 Å². The second-order valence-electron chi connectivity index (χ2n) is 7.80. The van der Waals surface area contributed by atoms with Crippen LogP contribution in [0, 0.1) is 0 Å². The first kappa shape index (κ1) is 19.1. The lowest BCUT2D eigenvalue weighted by molar-refractivity contribution is 0.206. The number of rotatable bonds is 6. The lowest BCUT2D eigenvalue weighted by Crippen LogP contribution is -2.39. The van der Waals surface area contributed by atoms with Crippen LogP contribution < -0.4 is 5.56 Å². The number of thiophene rings is 1. The smallest absolute Gasteiger partial charge is 0.262 e. The third-order valence-electron chi connectivity index (χ3n) is 5.52. The fourth-order valence-corrected chi connectivity index (χ4v) is 5.45. The Hall–Kier alpha value is -2.25. The van der Waals surface area contributed by atoms with Gasteiger partial charge in [-0.2, -0.15) is 5.10 Å². The Morgan fingerprint density at radius 1 is 1.46 bits per heavy atom. The molecule has 1 atom stereocenters. The molecule has 0 spiro atoms. The normalized spacial score (nSPS) is 16.6. The van der Waals surface area contributed by atoms with E-state index in [4.69, 9.17) is 0 Å². The first-order valence-electron chi connectivity index (χ1n) is 9.82. The van der Waals surface area contributed by atoms with Crippen LogP contribution in [-0.4, -0.2) is 43.4 Å². The topological polar surface area (TPSA) is 56.0 Å². The number of aryl methyl sites for hydroxylation is 2. The fraction of sp³-hybridized carbons (Fsp3) is 0.476. The van der Waals surface area contributed by atoms with E-state index < -0.39 is 0 Å². The predicted octanol–water partition coefficient (Wildman–Crippen LogP) is 3.00. The maximum Gasteiger partial charge on any atom is 0.262 e. The molecular weight excluding hydrogens is 370 g/mol. The van der Waals surface area contributed by atoms with Gasteiger partial charge < -0.3 is 0 Å². The summed E-state index contributed by atoms with van der Waals surface area (Å²) >= 11 is 1.69. The number of aromatic nitrogens is 4. The molecule has 6 nitrogen and oxygen atoms in total. The monoisotopic (exact) mass is 397 g/mol. The average molecular weight is 398 g/mol.